The molecule has 0 amide bonds. The number of ketones is 1. The van der Waals surface area contributed by atoms with E-state index in [0.29, 0.717) is 22.3 Å². The molecule has 0 bridgehead atoms. The van der Waals surface area contributed by atoms with Gasteiger partial charge in [-0.15, -0.1) is 0 Å². The van der Waals surface area contributed by atoms with Gasteiger partial charge in [-0.3, -0.25) is 14.4 Å². The van der Waals surface area contributed by atoms with E-state index in [-0.39, 0.29) is 18.6 Å². The molecule has 0 spiro atoms. The predicted molar refractivity (Wildman–Crippen MR) is 88.5 cm³/mol. The van der Waals surface area contributed by atoms with Crippen LogP contribution in [0.3, 0.4) is 0 Å². The van der Waals surface area contributed by atoms with Crippen molar-refractivity contribution >= 4 is 17.7 Å². The molecule has 0 aromatic heterocycles. The summed E-state index contributed by atoms with van der Waals surface area (Å²) in [6.45, 7) is 3.78. The molecule has 0 saturated carbocycles. The fourth-order valence-electron chi connectivity index (χ4n) is 2.72. The lowest BCUT2D eigenvalue weighted by molar-refractivity contribution is -0.137. The largest absolute Gasteiger partial charge is 0.481 e. The number of carbonyl (C=O) groups excluding carboxylic acids is 1. The number of aliphatic carboxylic acids is 2. The summed E-state index contributed by atoms with van der Waals surface area (Å²) in [5, 5.41) is 17.9. The molecule has 2 N–H and O–H groups in total. The first kappa shape index (κ1) is 17.4. The molecule has 2 aromatic carbocycles. The van der Waals surface area contributed by atoms with E-state index >= 15 is 0 Å². The van der Waals surface area contributed by atoms with Crippen LogP contribution >= 0.6 is 0 Å². The molecule has 0 saturated heterocycles. The van der Waals surface area contributed by atoms with E-state index < -0.39 is 11.9 Å². The van der Waals surface area contributed by atoms with Crippen molar-refractivity contribution in [2.45, 2.75) is 26.7 Å². The van der Waals surface area contributed by atoms with Crippen molar-refractivity contribution in [1.29, 1.82) is 0 Å². The summed E-state index contributed by atoms with van der Waals surface area (Å²) < 4.78 is 0. The van der Waals surface area contributed by atoms with E-state index in [1.165, 1.54) is 18.2 Å². The van der Waals surface area contributed by atoms with Crippen LogP contribution in [0, 0.1) is 13.8 Å². The van der Waals surface area contributed by atoms with E-state index in [0.717, 1.165) is 11.1 Å². The van der Waals surface area contributed by atoms with Crippen molar-refractivity contribution in [2.24, 2.45) is 0 Å². The molecule has 0 atom stereocenters. The molecule has 0 unspecified atom stereocenters. The molecule has 0 heterocycles. The lowest BCUT2D eigenvalue weighted by Crippen LogP contribution is -2.09. The third-order valence-corrected chi connectivity index (χ3v) is 3.51. The molecule has 2 aromatic rings. The molecule has 0 fully saturated rings. The highest BCUT2D eigenvalue weighted by Gasteiger charge is 2.14. The maximum atomic E-state index is 12.7. The van der Waals surface area contributed by atoms with Crippen LogP contribution in [-0.4, -0.2) is 27.9 Å². The molecule has 0 aliphatic carbocycles. The second-order valence-corrected chi connectivity index (χ2v) is 5.88. The predicted octanol–water partition coefficient (Wildman–Crippen LogP) is 2.79. The fraction of sp³-hybridized carbons (Fsp3) is 0.211. The normalized spacial score (nSPS) is 10.4. The van der Waals surface area contributed by atoms with Gasteiger partial charge >= 0.3 is 11.9 Å². The van der Waals surface area contributed by atoms with Crippen LogP contribution in [0.5, 0.6) is 0 Å². The molecule has 5 nitrogen and oxygen atoms in total. The number of aryl methyl sites for hydroxylation is 2. The zero-order chi connectivity index (χ0) is 17.9. The number of rotatable bonds is 6. The Morgan fingerprint density at radius 3 is 1.54 bits per heavy atom. The van der Waals surface area contributed by atoms with Crippen molar-refractivity contribution < 1.29 is 24.6 Å². The lowest BCUT2D eigenvalue weighted by atomic mass is 9.95. The highest BCUT2D eigenvalue weighted by Crippen LogP contribution is 2.18. The minimum atomic E-state index is -1.03. The van der Waals surface area contributed by atoms with E-state index in [1.807, 2.05) is 19.9 Å². The number of benzene rings is 2. The number of carboxylic acids is 2. The Kier molecular flexibility index (Phi) is 5.14. The summed E-state index contributed by atoms with van der Waals surface area (Å²) in [4.78, 5) is 34.6. The van der Waals surface area contributed by atoms with Gasteiger partial charge in [-0.25, -0.2) is 0 Å². The van der Waals surface area contributed by atoms with Crippen LogP contribution in [0.15, 0.2) is 36.4 Å². The van der Waals surface area contributed by atoms with Crippen LogP contribution in [0.1, 0.15) is 38.2 Å². The summed E-state index contributed by atoms with van der Waals surface area (Å²) in [6, 6.07) is 10.0. The van der Waals surface area contributed by atoms with Crippen LogP contribution in [0.2, 0.25) is 0 Å². The zero-order valence-electron chi connectivity index (χ0n) is 13.5. The maximum Gasteiger partial charge on any atom is 0.307 e. The zero-order valence-corrected chi connectivity index (χ0v) is 13.5. The van der Waals surface area contributed by atoms with Gasteiger partial charge in [0.15, 0.2) is 5.78 Å². The molecule has 0 aliphatic heterocycles. The van der Waals surface area contributed by atoms with E-state index in [2.05, 4.69) is 0 Å². The van der Waals surface area contributed by atoms with Gasteiger partial charge in [0.2, 0.25) is 0 Å². The Hall–Kier alpha value is -2.95. The monoisotopic (exact) mass is 326 g/mol. The third-order valence-electron chi connectivity index (χ3n) is 3.51. The van der Waals surface area contributed by atoms with Gasteiger partial charge in [-0.2, -0.15) is 0 Å². The van der Waals surface area contributed by atoms with Gasteiger partial charge < -0.3 is 10.2 Å². The first-order valence-electron chi connectivity index (χ1n) is 7.44. The van der Waals surface area contributed by atoms with Gasteiger partial charge in [-0.05, 0) is 49.2 Å². The average molecular weight is 326 g/mol. The average Bonchev–Trinajstić information content (AvgIpc) is 2.43. The molecule has 0 radical (unpaired) electrons. The number of carboxylic acid groups (broad SMARTS) is 2. The minimum Gasteiger partial charge on any atom is -0.481 e. The lowest BCUT2D eigenvalue weighted by Gasteiger charge is -2.09. The third kappa shape index (κ3) is 4.52. The smallest absolute Gasteiger partial charge is 0.307 e. The maximum absolute atomic E-state index is 12.7. The van der Waals surface area contributed by atoms with Crippen LogP contribution in [0.4, 0.5) is 0 Å². The van der Waals surface area contributed by atoms with Crippen molar-refractivity contribution in [3.8, 4) is 0 Å². The van der Waals surface area contributed by atoms with E-state index in [9.17, 15) is 14.4 Å². The molecule has 24 heavy (non-hydrogen) atoms. The number of carbonyl (C=O) groups is 3. The van der Waals surface area contributed by atoms with Crippen LogP contribution in [0.25, 0.3) is 0 Å². The van der Waals surface area contributed by atoms with Crippen molar-refractivity contribution in [2.75, 3.05) is 0 Å². The van der Waals surface area contributed by atoms with Crippen LogP contribution < -0.4 is 0 Å². The highest BCUT2D eigenvalue weighted by atomic mass is 16.4. The summed E-state index contributed by atoms with van der Waals surface area (Å²) in [7, 11) is 0. The fourth-order valence-corrected chi connectivity index (χ4v) is 2.72. The first-order valence-corrected chi connectivity index (χ1v) is 7.44. The Morgan fingerprint density at radius 1 is 0.708 bits per heavy atom. The van der Waals surface area contributed by atoms with Gasteiger partial charge in [0.05, 0.1) is 12.8 Å². The molecule has 5 heteroatoms. The van der Waals surface area contributed by atoms with E-state index in [4.69, 9.17) is 10.2 Å². The van der Waals surface area contributed by atoms with Crippen molar-refractivity contribution in [1.82, 2.24) is 0 Å². The summed E-state index contributed by atoms with van der Waals surface area (Å²) >= 11 is 0. The second kappa shape index (κ2) is 7.08. The minimum absolute atomic E-state index is 0.249. The molecule has 2 rings (SSSR count). The number of hydrogen-bond acceptors (Lipinski definition) is 3. The molecular formula is C19H18O5. The molecule has 124 valence electrons. The van der Waals surface area contributed by atoms with Gasteiger partial charge in [-0.1, -0.05) is 23.3 Å². The number of hydrogen-bond donors (Lipinski definition) is 2. The van der Waals surface area contributed by atoms with Crippen LogP contribution in [-0.2, 0) is 22.4 Å². The second-order valence-electron chi connectivity index (χ2n) is 5.88. The quantitative estimate of drug-likeness (QED) is 0.796. The highest BCUT2D eigenvalue weighted by molar-refractivity contribution is 6.09. The van der Waals surface area contributed by atoms with Gasteiger partial charge in [0.25, 0.3) is 0 Å². The Balaban J connectivity index is 2.48. The Labute approximate surface area is 139 Å². The van der Waals surface area contributed by atoms with Crippen molar-refractivity contribution in [3.63, 3.8) is 0 Å². The SMILES string of the molecule is Cc1cc(C)cc(C(=O)c2cc(CC(=O)O)cc(CC(=O)O)c2)c1. The van der Waals surface area contributed by atoms with Gasteiger partial charge in [0, 0.05) is 11.1 Å². The standard InChI is InChI=1S/C19H18O5/c1-11-3-12(2)5-15(4-11)19(24)16-7-13(9-17(20)21)6-14(8-16)10-18(22)23/h3-8H,9-10H2,1-2H3,(H,20,21)(H,22,23). The first-order chi connectivity index (χ1) is 11.2. The van der Waals surface area contributed by atoms with Crippen molar-refractivity contribution in [3.05, 3.63) is 69.8 Å². The Bertz CT molecular complexity index is 766. The summed E-state index contributed by atoms with van der Waals surface area (Å²) in [6.07, 6.45) is -0.527. The topological polar surface area (TPSA) is 91.7 Å². The summed E-state index contributed by atoms with van der Waals surface area (Å²) in [5.74, 6) is -2.32. The molecular weight excluding hydrogens is 308 g/mol. The Morgan fingerprint density at radius 2 is 1.12 bits per heavy atom. The summed E-state index contributed by atoms with van der Waals surface area (Å²) in [5.41, 5.74) is 3.52. The van der Waals surface area contributed by atoms with Gasteiger partial charge in [0.1, 0.15) is 0 Å². The van der Waals surface area contributed by atoms with E-state index in [1.54, 1.807) is 12.1 Å². The molecule has 0 aliphatic rings.